The smallest absolute Gasteiger partial charge is 0.270 e. The highest BCUT2D eigenvalue weighted by atomic mass is 32.2. The van der Waals surface area contributed by atoms with Gasteiger partial charge in [0.2, 0.25) is 0 Å². The standard InChI is InChI=1S/C20H19NO4S2/c1-12-5-7-14(8-6-12)21-19(22)18(27-20(21)26)10-13-9-16(24-3)17(25-4)11-15(13)23-2/h5-11H,1-4H3/b18-10-. The van der Waals surface area contributed by atoms with Crippen LogP contribution in [-0.4, -0.2) is 31.6 Å². The number of thiocarbonyl (C=S) groups is 1. The van der Waals surface area contributed by atoms with Crippen molar-refractivity contribution in [2.45, 2.75) is 6.92 Å². The SMILES string of the molecule is COc1cc(OC)c(OC)cc1/C=C1\SC(=S)N(c2ccc(C)cc2)C1=O. The lowest BCUT2D eigenvalue weighted by atomic mass is 10.1. The van der Waals surface area contributed by atoms with E-state index in [-0.39, 0.29) is 5.91 Å². The average molecular weight is 402 g/mol. The van der Waals surface area contributed by atoms with Crippen molar-refractivity contribution in [3.8, 4) is 17.2 Å². The van der Waals surface area contributed by atoms with Crippen LogP contribution in [0.5, 0.6) is 17.2 Å². The fraction of sp³-hybridized carbons (Fsp3) is 0.200. The number of hydrogen-bond acceptors (Lipinski definition) is 6. The summed E-state index contributed by atoms with van der Waals surface area (Å²) in [6.07, 6.45) is 1.76. The Balaban J connectivity index is 1.99. The second kappa shape index (κ2) is 8.02. The van der Waals surface area contributed by atoms with Crippen LogP contribution >= 0.6 is 24.0 Å². The summed E-state index contributed by atoms with van der Waals surface area (Å²) >= 11 is 6.69. The van der Waals surface area contributed by atoms with Gasteiger partial charge in [0.1, 0.15) is 5.75 Å². The highest BCUT2D eigenvalue weighted by Crippen LogP contribution is 2.40. The molecular formula is C20H19NO4S2. The maximum Gasteiger partial charge on any atom is 0.270 e. The van der Waals surface area contributed by atoms with Crippen molar-refractivity contribution in [3.05, 3.63) is 52.4 Å². The van der Waals surface area contributed by atoms with Crippen LogP contribution in [0.4, 0.5) is 5.69 Å². The number of carbonyl (C=O) groups excluding carboxylic acids is 1. The zero-order valence-electron chi connectivity index (χ0n) is 15.4. The summed E-state index contributed by atoms with van der Waals surface area (Å²) in [6, 6.07) is 11.2. The minimum Gasteiger partial charge on any atom is -0.496 e. The lowest BCUT2D eigenvalue weighted by Crippen LogP contribution is -2.27. The Bertz CT molecular complexity index is 922. The van der Waals surface area contributed by atoms with Gasteiger partial charge in [0.25, 0.3) is 5.91 Å². The Morgan fingerprint density at radius 2 is 1.56 bits per heavy atom. The molecule has 0 radical (unpaired) electrons. The second-order valence-corrected chi connectivity index (χ2v) is 7.48. The molecule has 0 saturated carbocycles. The number of aryl methyl sites for hydroxylation is 1. The Hall–Kier alpha value is -2.51. The first kappa shape index (κ1) is 19.3. The molecule has 1 aliphatic rings. The van der Waals surface area contributed by atoms with Gasteiger partial charge in [-0.05, 0) is 31.2 Å². The number of methoxy groups -OCH3 is 3. The number of ether oxygens (including phenoxy) is 3. The van der Waals surface area contributed by atoms with Gasteiger partial charge in [0.05, 0.1) is 31.9 Å². The molecule has 5 nitrogen and oxygen atoms in total. The summed E-state index contributed by atoms with van der Waals surface area (Å²) in [5.74, 6) is 1.52. The van der Waals surface area contributed by atoms with Crippen LogP contribution in [-0.2, 0) is 4.79 Å². The third kappa shape index (κ3) is 3.79. The minimum absolute atomic E-state index is 0.161. The molecule has 2 aromatic rings. The summed E-state index contributed by atoms with van der Waals surface area (Å²) in [4.78, 5) is 15.0. The van der Waals surface area contributed by atoms with E-state index in [1.165, 1.54) is 11.8 Å². The third-order valence-electron chi connectivity index (χ3n) is 4.11. The van der Waals surface area contributed by atoms with Gasteiger partial charge in [0.15, 0.2) is 15.8 Å². The molecule has 0 unspecified atom stereocenters. The number of nitrogens with zero attached hydrogens (tertiary/aromatic N) is 1. The van der Waals surface area contributed by atoms with E-state index in [2.05, 4.69) is 0 Å². The van der Waals surface area contributed by atoms with E-state index in [1.54, 1.807) is 44.4 Å². The molecule has 0 spiro atoms. The van der Waals surface area contributed by atoms with Gasteiger partial charge in [-0.3, -0.25) is 9.69 Å². The molecule has 1 heterocycles. The highest BCUT2D eigenvalue weighted by Gasteiger charge is 2.33. The molecule has 0 bridgehead atoms. The maximum atomic E-state index is 12.9. The topological polar surface area (TPSA) is 48.0 Å². The molecule has 0 N–H and O–H groups in total. The normalized spacial score (nSPS) is 15.4. The van der Waals surface area contributed by atoms with Gasteiger partial charge in [-0.25, -0.2) is 0 Å². The van der Waals surface area contributed by atoms with E-state index in [4.69, 9.17) is 26.4 Å². The predicted octanol–water partition coefficient (Wildman–Crippen LogP) is 4.43. The summed E-state index contributed by atoms with van der Waals surface area (Å²) < 4.78 is 16.6. The maximum absolute atomic E-state index is 12.9. The molecule has 0 atom stereocenters. The van der Waals surface area contributed by atoms with Gasteiger partial charge in [-0.1, -0.05) is 41.7 Å². The fourth-order valence-corrected chi connectivity index (χ4v) is 3.98. The number of anilines is 1. The van der Waals surface area contributed by atoms with E-state index >= 15 is 0 Å². The van der Waals surface area contributed by atoms with Crippen LogP contribution in [0.15, 0.2) is 41.3 Å². The Morgan fingerprint density at radius 1 is 0.963 bits per heavy atom. The fourth-order valence-electron chi connectivity index (χ4n) is 2.69. The number of hydrogen-bond donors (Lipinski definition) is 0. The zero-order chi connectivity index (χ0) is 19.6. The Labute approximate surface area is 167 Å². The summed E-state index contributed by atoms with van der Waals surface area (Å²) in [7, 11) is 4.69. The first-order valence-electron chi connectivity index (χ1n) is 8.13. The molecule has 7 heteroatoms. The van der Waals surface area contributed by atoms with Gasteiger partial charge in [-0.15, -0.1) is 0 Å². The molecule has 140 valence electrons. The van der Waals surface area contributed by atoms with E-state index in [9.17, 15) is 4.79 Å². The zero-order valence-corrected chi connectivity index (χ0v) is 17.1. The van der Waals surface area contributed by atoms with Gasteiger partial charge < -0.3 is 14.2 Å². The van der Waals surface area contributed by atoms with Crippen LogP contribution in [0.3, 0.4) is 0 Å². The number of benzene rings is 2. The molecule has 1 fully saturated rings. The molecule has 0 aliphatic carbocycles. The van der Waals surface area contributed by atoms with Gasteiger partial charge in [0, 0.05) is 11.6 Å². The molecule has 27 heavy (non-hydrogen) atoms. The van der Waals surface area contributed by atoms with Crippen molar-refractivity contribution in [2.75, 3.05) is 26.2 Å². The van der Waals surface area contributed by atoms with E-state index < -0.39 is 0 Å². The largest absolute Gasteiger partial charge is 0.496 e. The average Bonchev–Trinajstić information content (AvgIpc) is 2.95. The highest BCUT2D eigenvalue weighted by molar-refractivity contribution is 8.27. The van der Waals surface area contributed by atoms with Crippen molar-refractivity contribution in [2.24, 2.45) is 0 Å². The van der Waals surface area contributed by atoms with E-state index in [0.717, 1.165) is 11.3 Å². The van der Waals surface area contributed by atoms with Gasteiger partial charge in [-0.2, -0.15) is 0 Å². The monoisotopic (exact) mass is 401 g/mol. The quantitative estimate of drug-likeness (QED) is 0.546. The van der Waals surface area contributed by atoms with E-state index in [0.29, 0.717) is 32.0 Å². The number of thioether (sulfide) groups is 1. The molecule has 1 aliphatic heterocycles. The lowest BCUT2D eigenvalue weighted by molar-refractivity contribution is -0.113. The van der Waals surface area contributed by atoms with Crippen molar-refractivity contribution in [1.82, 2.24) is 0 Å². The third-order valence-corrected chi connectivity index (χ3v) is 5.41. The lowest BCUT2D eigenvalue weighted by Gasteiger charge is -2.14. The molecule has 3 rings (SSSR count). The molecule has 1 amide bonds. The second-order valence-electron chi connectivity index (χ2n) is 5.80. The molecule has 1 saturated heterocycles. The molecular weight excluding hydrogens is 382 g/mol. The molecule has 2 aromatic carbocycles. The van der Waals surface area contributed by atoms with Crippen LogP contribution < -0.4 is 19.1 Å². The summed E-state index contributed by atoms with van der Waals surface area (Å²) in [5, 5.41) is 0. The van der Waals surface area contributed by atoms with Crippen molar-refractivity contribution < 1.29 is 19.0 Å². The summed E-state index contributed by atoms with van der Waals surface area (Å²) in [5.41, 5.74) is 2.58. The van der Waals surface area contributed by atoms with E-state index in [1.807, 2.05) is 31.2 Å². The van der Waals surface area contributed by atoms with Crippen molar-refractivity contribution >= 4 is 46.0 Å². The Kier molecular flexibility index (Phi) is 5.72. The molecule has 0 aromatic heterocycles. The summed E-state index contributed by atoms with van der Waals surface area (Å²) in [6.45, 7) is 2.00. The number of rotatable bonds is 5. The first-order valence-corrected chi connectivity index (χ1v) is 9.35. The van der Waals surface area contributed by atoms with Gasteiger partial charge >= 0.3 is 0 Å². The number of carbonyl (C=O) groups is 1. The van der Waals surface area contributed by atoms with Crippen molar-refractivity contribution in [3.63, 3.8) is 0 Å². The Morgan fingerprint density at radius 3 is 2.15 bits per heavy atom. The minimum atomic E-state index is -0.161. The predicted molar refractivity (Wildman–Crippen MR) is 113 cm³/mol. The number of amides is 1. The van der Waals surface area contributed by atoms with Crippen molar-refractivity contribution in [1.29, 1.82) is 0 Å². The van der Waals surface area contributed by atoms with Crippen LogP contribution in [0.25, 0.3) is 6.08 Å². The first-order chi connectivity index (χ1) is 13.0. The van der Waals surface area contributed by atoms with Crippen LogP contribution in [0, 0.1) is 6.92 Å². The van der Waals surface area contributed by atoms with Crippen LogP contribution in [0.2, 0.25) is 0 Å². The van der Waals surface area contributed by atoms with Crippen LogP contribution in [0.1, 0.15) is 11.1 Å².